The maximum absolute atomic E-state index is 14.7. The lowest BCUT2D eigenvalue weighted by atomic mass is 9.89. The fraction of sp³-hybridized carbons (Fsp3) is 0.500. The first-order chi connectivity index (χ1) is 17.8. The average Bonchev–Trinajstić information content (AvgIpc) is 3.64. The molecule has 2 aliphatic carbocycles. The van der Waals surface area contributed by atoms with Gasteiger partial charge in [0.1, 0.15) is 29.5 Å². The van der Waals surface area contributed by atoms with Crippen molar-refractivity contribution in [2.24, 2.45) is 5.92 Å². The highest BCUT2D eigenvalue weighted by molar-refractivity contribution is 6.09. The molecule has 0 bridgehead atoms. The largest absolute Gasteiger partial charge is 0.493 e. The summed E-state index contributed by atoms with van der Waals surface area (Å²) in [5.74, 6) is 0.923. The maximum atomic E-state index is 14.7. The van der Waals surface area contributed by atoms with E-state index in [9.17, 15) is 14.0 Å². The van der Waals surface area contributed by atoms with Gasteiger partial charge in [0.15, 0.2) is 0 Å². The van der Waals surface area contributed by atoms with E-state index in [0.717, 1.165) is 16.9 Å². The number of carbonyl (C=O) groups excluding carboxylic acids is 2. The first-order valence-corrected chi connectivity index (χ1v) is 13.1. The third-order valence-electron chi connectivity index (χ3n) is 7.34. The number of nitrogens with one attached hydrogen (secondary N) is 3. The Kier molecular flexibility index (Phi) is 7.13. The van der Waals surface area contributed by atoms with Crippen LogP contribution in [0.15, 0.2) is 24.5 Å². The highest BCUT2D eigenvalue weighted by atomic mass is 19.1. The van der Waals surface area contributed by atoms with E-state index in [2.05, 4.69) is 25.6 Å². The summed E-state index contributed by atoms with van der Waals surface area (Å²) in [6.07, 6.45) is 4.21. The number of aromatic amines is 1. The van der Waals surface area contributed by atoms with Crippen molar-refractivity contribution in [3.8, 4) is 17.0 Å². The fourth-order valence-corrected chi connectivity index (χ4v) is 5.03. The summed E-state index contributed by atoms with van der Waals surface area (Å²) >= 11 is 0. The van der Waals surface area contributed by atoms with E-state index in [4.69, 9.17) is 4.74 Å². The number of rotatable bonds is 8. The van der Waals surface area contributed by atoms with Crippen molar-refractivity contribution < 1.29 is 18.7 Å². The Morgan fingerprint density at radius 3 is 2.68 bits per heavy atom. The predicted molar refractivity (Wildman–Crippen MR) is 139 cm³/mol. The lowest BCUT2D eigenvalue weighted by Crippen LogP contribution is -2.49. The van der Waals surface area contributed by atoms with Gasteiger partial charge in [0.05, 0.1) is 23.7 Å². The van der Waals surface area contributed by atoms with E-state index < -0.39 is 12.2 Å². The highest BCUT2D eigenvalue weighted by Gasteiger charge is 2.33. The molecular weight excluding hydrogens is 473 g/mol. The van der Waals surface area contributed by atoms with Gasteiger partial charge >= 0.3 is 0 Å². The maximum Gasteiger partial charge on any atom is 0.255 e. The van der Waals surface area contributed by atoms with E-state index in [-0.39, 0.29) is 24.3 Å². The van der Waals surface area contributed by atoms with Crippen LogP contribution in [0.5, 0.6) is 5.75 Å². The topological polar surface area (TPSA) is 109 Å². The number of aryl methyl sites for hydroxylation is 2. The van der Waals surface area contributed by atoms with Crippen LogP contribution in [0.2, 0.25) is 0 Å². The molecule has 3 atom stereocenters. The van der Waals surface area contributed by atoms with Gasteiger partial charge in [0, 0.05) is 30.1 Å². The first kappa shape index (κ1) is 25.2. The van der Waals surface area contributed by atoms with Gasteiger partial charge in [-0.05, 0) is 57.6 Å². The Morgan fingerprint density at radius 1 is 1.14 bits per heavy atom. The Morgan fingerprint density at radius 2 is 1.95 bits per heavy atom. The van der Waals surface area contributed by atoms with Crippen LogP contribution >= 0.6 is 0 Å². The van der Waals surface area contributed by atoms with Gasteiger partial charge < -0.3 is 20.4 Å². The predicted octanol–water partition coefficient (Wildman–Crippen LogP) is 4.55. The number of alkyl halides is 1. The van der Waals surface area contributed by atoms with Crippen LogP contribution in [0.3, 0.4) is 0 Å². The summed E-state index contributed by atoms with van der Waals surface area (Å²) in [4.78, 5) is 37.4. The molecule has 0 aliphatic heterocycles. The summed E-state index contributed by atoms with van der Waals surface area (Å²) in [7, 11) is 0. The monoisotopic (exact) mass is 507 g/mol. The molecule has 2 fully saturated rings. The van der Waals surface area contributed by atoms with Gasteiger partial charge in [-0.25, -0.2) is 14.4 Å². The fourth-order valence-electron chi connectivity index (χ4n) is 5.03. The number of benzene rings is 1. The highest BCUT2D eigenvalue weighted by Crippen LogP contribution is 2.37. The van der Waals surface area contributed by atoms with Gasteiger partial charge in [0.2, 0.25) is 5.91 Å². The minimum absolute atomic E-state index is 0.158. The Hall–Kier alpha value is -3.49. The van der Waals surface area contributed by atoms with Crippen LogP contribution in [-0.2, 0) is 4.79 Å². The van der Waals surface area contributed by atoms with E-state index in [1.54, 1.807) is 6.92 Å². The number of fused-ring (bicyclic) bond motifs is 1. The second-order valence-electron chi connectivity index (χ2n) is 10.4. The van der Waals surface area contributed by atoms with Gasteiger partial charge in [-0.1, -0.05) is 18.6 Å². The standard InChI is InChI=1S/C28H34FN5O3/c1-4-23(35)34-21-9-8-18(12-20(21)29)33-28(36)24-16(3)32-27-25(30-14-31-26(24)27)19-11-15(2)5-10-22(19)37-13-17-6-7-17/h5,10-11,14,17-18,20-21,32H,4,6-9,12-13H2,1-3H3,(H,33,36)(H,34,35)/t18-,20+,21-/m0/s1. The van der Waals surface area contributed by atoms with Crippen LogP contribution < -0.4 is 15.4 Å². The molecule has 8 nitrogen and oxygen atoms in total. The zero-order chi connectivity index (χ0) is 26.1. The quantitative estimate of drug-likeness (QED) is 0.415. The molecule has 5 rings (SSSR count). The lowest BCUT2D eigenvalue weighted by molar-refractivity contribution is -0.122. The number of aromatic nitrogens is 3. The Bertz CT molecular complexity index is 1320. The van der Waals surface area contributed by atoms with Gasteiger partial charge in [-0.3, -0.25) is 9.59 Å². The summed E-state index contributed by atoms with van der Waals surface area (Å²) in [6, 6.07) is 5.20. The number of hydrogen-bond acceptors (Lipinski definition) is 5. The first-order valence-electron chi connectivity index (χ1n) is 13.1. The molecule has 196 valence electrons. The second kappa shape index (κ2) is 10.5. The van der Waals surface area contributed by atoms with Crippen LogP contribution in [0.4, 0.5) is 4.39 Å². The minimum Gasteiger partial charge on any atom is -0.493 e. The summed E-state index contributed by atoms with van der Waals surface area (Å²) < 4.78 is 20.9. The van der Waals surface area contributed by atoms with Crippen LogP contribution in [0.1, 0.15) is 67.1 Å². The van der Waals surface area contributed by atoms with E-state index in [1.165, 1.54) is 19.2 Å². The average molecular weight is 508 g/mol. The number of nitrogens with zero attached hydrogens (tertiary/aromatic N) is 2. The molecule has 0 radical (unpaired) electrons. The molecular formula is C28H34FN5O3. The van der Waals surface area contributed by atoms with E-state index in [0.29, 0.717) is 59.8 Å². The van der Waals surface area contributed by atoms with E-state index >= 15 is 0 Å². The normalized spacial score (nSPS) is 21.6. The third-order valence-corrected chi connectivity index (χ3v) is 7.34. The second-order valence-corrected chi connectivity index (χ2v) is 10.4. The molecule has 0 spiro atoms. The molecule has 2 saturated carbocycles. The molecule has 3 aromatic rings. The molecule has 3 N–H and O–H groups in total. The minimum atomic E-state index is -1.21. The molecule has 0 unspecified atom stereocenters. The van der Waals surface area contributed by atoms with Crippen LogP contribution in [0.25, 0.3) is 22.3 Å². The molecule has 1 aromatic carbocycles. The zero-order valence-corrected chi connectivity index (χ0v) is 21.6. The number of carbonyl (C=O) groups is 2. The van der Waals surface area contributed by atoms with Gasteiger partial charge in [0.25, 0.3) is 5.91 Å². The number of hydrogen-bond donors (Lipinski definition) is 3. The Balaban J connectivity index is 1.38. The SMILES string of the molecule is CCC(=O)N[C@H]1CC[C@H](NC(=O)c2c(C)[nH]c3c(-c4cc(C)ccc4OCC4CC4)ncnc23)C[C@H]1F. The van der Waals surface area contributed by atoms with Crippen molar-refractivity contribution in [1.29, 1.82) is 0 Å². The summed E-state index contributed by atoms with van der Waals surface area (Å²) in [5.41, 5.74) is 4.91. The number of halogens is 1. The summed E-state index contributed by atoms with van der Waals surface area (Å²) in [6.45, 7) is 6.28. The van der Waals surface area contributed by atoms with Crippen LogP contribution in [0, 0.1) is 19.8 Å². The third kappa shape index (κ3) is 5.45. The van der Waals surface area contributed by atoms with E-state index in [1.807, 2.05) is 32.0 Å². The van der Waals surface area contributed by atoms with Crippen LogP contribution in [-0.4, -0.2) is 51.6 Å². The van der Waals surface area contributed by atoms with Crippen molar-refractivity contribution in [2.75, 3.05) is 6.61 Å². The molecule has 0 saturated heterocycles. The molecule has 9 heteroatoms. The Labute approximate surface area is 215 Å². The molecule has 2 amide bonds. The summed E-state index contributed by atoms with van der Waals surface area (Å²) in [5, 5.41) is 5.74. The van der Waals surface area contributed by atoms with Gasteiger partial charge in [-0.2, -0.15) is 0 Å². The number of ether oxygens (including phenoxy) is 1. The smallest absolute Gasteiger partial charge is 0.255 e. The van der Waals surface area contributed by atoms with Crippen molar-refractivity contribution in [2.45, 2.75) is 77.6 Å². The number of H-pyrrole nitrogens is 1. The zero-order valence-electron chi connectivity index (χ0n) is 21.6. The molecule has 2 aromatic heterocycles. The molecule has 2 aliphatic rings. The van der Waals surface area contributed by atoms with Crippen molar-refractivity contribution in [3.63, 3.8) is 0 Å². The van der Waals surface area contributed by atoms with Crippen molar-refractivity contribution in [3.05, 3.63) is 41.3 Å². The van der Waals surface area contributed by atoms with Gasteiger partial charge in [-0.15, -0.1) is 0 Å². The van der Waals surface area contributed by atoms with Crippen molar-refractivity contribution in [1.82, 2.24) is 25.6 Å². The molecule has 37 heavy (non-hydrogen) atoms. The lowest BCUT2D eigenvalue weighted by Gasteiger charge is -2.32. The molecule has 2 heterocycles. The number of amides is 2. The van der Waals surface area contributed by atoms with Crippen molar-refractivity contribution >= 4 is 22.8 Å².